The molecular weight excluding hydrogens is 274 g/mol. The molecule has 2 rings (SSSR count). The van der Waals surface area contributed by atoms with E-state index >= 15 is 0 Å². The molecule has 1 aliphatic rings. The molecule has 0 saturated heterocycles. The van der Waals surface area contributed by atoms with Crippen LogP contribution >= 0.6 is 0 Å². The molecule has 7 heteroatoms. The molecular formula is C14H19N3O4. The van der Waals surface area contributed by atoms with Crippen molar-refractivity contribution in [1.82, 2.24) is 4.90 Å². The van der Waals surface area contributed by atoms with E-state index in [0.29, 0.717) is 49.8 Å². The monoisotopic (exact) mass is 293 g/mol. The Morgan fingerprint density at radius 1 is 1.43 bits per heavy atom. The Labute approximate surface area is 122 Å². The molecule has 1 aromatic rings. The van der Waals surface area contributed by atoms with Crippen molar-refractivity contribution in [2.45, 2.75) is 13.3 Å². The van der Waals surface area contributed by atoms with Gasteiger partial charge < -0.3 is 25.3 Å². The van der Waals surface area contributed by atoms with Crippen molar-refractivity contribution in [1.29, 1.82) is 0 Å². The highest BCUT2D eigenvalue weighted by Crippen LogP contribution is 2.34. The van der Waals surface area contributed by atoms with Crippen LogP contribution in [0.25, 0.3) is 0 Å². The Balaban J connectivity index is 2.18. The third kappa shape index (κ3) is 3.36. The Morgan fingerprint density at radius 3 is 2.90 bits per heavy atom. The minimum atomic E-state index is -0.161. The Bertz CT molecular complexity index is 545. The first-order valence-corrected chi connectivity index (χ1v) is 6.81. The molecule has 1 aromatic carbocycles. The Hall–Kier alpha value is -2.44. The summed E-state index contributed by atoms with van der Waals surface area (Å²) in [6.45, 7) is 3.66. The minimum Gasteiger partial charge on any atom is -0.486 e. The summed E-state index contributed by atoms with van der Waals surface area (Å²) in [4.78, 5) is 14.2. The first kappa shape index (κ1) is 15.0. The number of carbonyl (C=O) groups excluding carboxylic acids is 1. The van der Waals surface area contributed by atoms with Gasteiger partial charge in [0, 0.05) is 19.5 Å². The second-order valence-corrected chi connectivity index (χ2v) is 4.56. The Morgan fingerprint density at radius 2 is 2.19 bits per heavy atom. The number of ether oxygens (including phenoxy) is 2. The molecule has 1 aliphatic heterocycles. The molecule has 0 atom stereocenters. The molecule has 0 saturated carbocycles. The number of para-hydroxylation sites is 1. The third-order valence-corrected chi connectivity index (χ3v) is 3.23. The van der Waals surface area contributed by atoms with Crippen molar-refractivity contribution >= 4 is 11.7 Å². The summed E-state index contributed by atoms with van der Waals surface area (Å²) in [5.74, 6) is 0.997. The van der Waals surface area contributed by atoms with E-state index in [9.17, 15) is 4.79 Å². The van der Waals surface area contributed by atoms with Crippen LogP contribution in [0.4, 0.5) is 0 Å². The number of hydrogen-bond acceptors (Lipinski definition) is 5. The van der Waals surface area contributed by atoms with Crippen LogP contribution in [0.1, 0.15) is 23.7 Å². The van der Waals surface area contributed by atoms with Gasteiger partial charge in [-0.3, -0.25) is 4.79 Å². The standard InChI is InChI=1S/C14H19N3O4/c1-2-17(7-6-12(15)16-19)14(18)10-4-3-5-11-13(10)21-9-8-20-11/h3-5,19H,2,6-9H2,1H3,(H2,15,16). The maximum absolute atomic E-state index is 12.6. The van der Waals surface area contributed by atoms with Gasteiger partial charge in [0.2, 0.25) is 0 Å². The highest BCUT2D eigenvalue weighted by molar-refractivity contribution is 5.98. The molecule has 1 amide bonds. The first-order valence-electron chi connectivity index (χ1n) is 6.81. The SMILES string of the molecule is CCN(CCC(N)=NO)C(=O)c1cccc2c1OCCO2. The number of nitrogens with zero attached hydrogens (tertiary/aromatic N) is 2. The molecule has 0 aliphatic carbocycles. The molecule has 7 nitrogen and oxygen atoms in total. The van der Waals surface area contributed by atoms with Crippen LogP contribution in [0.5, 0.6) is 11.5 Å². The lowest BCUT2D eigenvalue weighted by atomic mass is 10.1. The quantitative estimate of drug-likeness (QED) is 0.366. The smallest absolute Gasteiger partial charge is 0.257 e. The Kier molecular flexibility index (Phi) is 4.86. The predicted molar refractivity (Wildman–Crippen MR) is 77.0 cm³/mol. The summed E-state index contributed by atoms with van der Waals surface area (Å²) >= 11 is 0. The van der Waals surface area contributed by atoms with Crippen LogP contribution in [0.2, 0.25) is 0 Å². The molecule has 3 N–H and O–H groups in total. The predicted octanol–water partition coefficient (Wildman–Crippen LogP) is 1.06. The maximum atomic E-state index is 12.6. The van der Waals surface area contributed by atoms with Crippen molar-refractivity contribution < 1.29 is 19.5 Å². The van der Waals surface area contributed by atoms with Crippen molar-refractivity contribution in [3.63, 3.8) is 0 Å². The molecule has 0 bridgehead atoms. The zero-order chi connectivity index (χ0) is 15.2. The van der Waals surface area contributed by atoms with E-state index in [2.05, 4.69) is 5.16 Å². The molecule has 21 heavy (non-hydrogen) atoms. The van der Waals surface area contributed by atoms with Gasteiger partial charge >= 0.3 is 0 Å². The van der Waals surface area contributed by atoms with E-state index in [1.165, 1.54) is 0 Å². The second-order valence-electron chi connectivity index (χ2n) is 4.56. The topological polar surface area (TPSA) is 97.4 Å². The summed E-state index contributed by atoms with van der Waals surface area (Å²) in [5.41, 5.74) is 5.91. The van der Waals surface area contributed by atoms with Crippen LogP contribution < -0.4 is 15.2 Å². The zero-order valence-electron chi connectivity index (χ0n) is 11.9. The van der Waals surface area contributed by atoms with Gasteiger partial charge in [-0.2, -0.15) is 0 Å². The summed E-state index contributed by atoms with van der Waals surface area (Å²) < 4.78 is 11.0. The van der Waals surface area contributed by atoms with Gasteiger partial charge in [0.15, 0.2) is 11.5 Å². The van der Waals surface area contributed by atoms with E-state index in [-0.39, 0.29) is 11.7 Å². The van der Waals surface area contributed by atoms with Gasteiger partial charge in [0.25, 0.3) is 5.91 Å². The van der Waals surface area contributed by atoms with Gasteiger partial charge in [0.05, 0.1) is 5.56 Å². The first-order chi connectivity index (χ1) is 10.2. The lowest BCUT2D eigenvalue weighted by molar-refractivity contribution is 0.0757. The maximum Gasteiger partial charge on any atom is 0.257 e. The molecule has 0 unspecified atom stereocenters. The van der Waals surface area contributed by atoms with Crippen LogP contribution in [0.3, 0.4) is 0 Å². The number of hydrogen-bond donors (Lipinski definition) is 2. The van der Waals surface area contributed by atoms with Crippen molar-refractivity contribution in [3.05, 3.63) is 23.8 Å². The van der Waals surface area contributed by atoms with Crippen LogP contribution in [0.15, 0.2) is 23.4 Å². The van der Waals surface area contributed by atoms with E-state index in [4.69, 9.17) is 20.4 Å². The van der Waals surface area contributed by atoms with Crippen molar-refractivity contribution in [3.8, 4) is 11.5 Å². The van der Waals surface area contributed by atoms with Crippen LogP contribution in [-0.4, -0.2) is 48.2 Å². The fourth-order valence-electron chi connectivity index (χ4n) is 2.12. The summed E-state index contributed by atoms with van der Waals surface area (Å²) in [6.07, 6.45) is 0.308. The number of amidine groups is 1. The number of fused-ring (bicyclic) bond motifs is 1. The number of rotatable bonds is 5. The molecule has 0 spiro atoms. The number of nitrogens with two attached hydrogens (primary N) is 1. The fourth-order valence-corrected chi connectivity index (χ4v) is 2.12. The number of amides is 1. The van der Waals surface area contributed by atoms with Gasteiger partial charge in [0.1, 0.15) is 19.0 Å². The van der Waals surface area contributed by atoms with Gasteiger partial charge in [-0.25, -0.2) is 0 Å². The molecule has 0 fully saturated rings. The van der Waals surface area contributed by atoms with Crippen molar-refractivity contribution in [2.75, 3.05) is 26.3 Å². The second kappa shape index (κ2) is 6.83. The van der Waals surface area contributed by atoms with E-state index < -0.39 is 0 Å². The number of oxime groups is 1. The fraction of sp³-hybridized carbons (Fsp3) is 0.429. The number of carbonyl (C=O) groups is 1. The molecule has 114 valence electrons. The van der Waals surface area contributed by atoms with Gasteiger partial charge in [-0.1, -0.05) is 11.2 Å². The highest BCUT2D eigenvalue weighted by Gasteiger charge is 2.23. The van der Waals surface area contributed by atoms with Crippen molar-refractivity contribution in [2.24, 2.45) is 10.9 Å². The zero-order valence-corrected chi connectivity index (χ0v) is 11.9. The molecule has 1 heterocycles. The highest BCUT2D eigenvalue weighted by atomic mass is 16.6. The third-order valence-electron chi connectivity index (χ3n) is 3.23. The van der Waals surface area contributed by atoms with Gasteiger partial charge in [-0.05, 0) is 19.1 Å². The van der Waals surface area contributed by atoms with Crippen LogP contribution in [-0.2, 0) is 0 Å². The lowest BCUT2D eigenvalue weighted by Gasteiger charge is -2.24. The summed E-state index contributed by atoms with van der Waals surface area (Å²) in [6, 6.07) is 5.25. The minimum absolute atomic E-state index is 0.0934. The number of benzene rings is 1. The van der Waals surface area contributed by atoms with E-state index in [1.807, 2.05) is 6.92 Å². The summed E-state index contributed by atoms with van der Waals surface area (Å²) in [5, 5.41) is 11.5. The van der Waals surface area contributed by atoms with E-state index in [1.54, 1.807) is 23.1 Å². The normalized spacial score (nSPS) is 13.9. The van der Waals surface area contributed by atoms with Gasteiger partial charge in [-0.15, -0.1) is 0 Å². The lowest BCUT2D eigenvalue weighted by Crippen LogP contribution is -2.34. The largest absolute Gasteiger partial charge is 0.486 e. The van der Waals surface area contributed by atoms with Crippen LogP contribution in [0, 0.1) is 0 Å². The molecule has 0 radical (unpaired) electrons. The molecule has 0 aromatic heterocycles. The average molecular weight is 293 g/mol. The van der Waals surface area contributed by atoms with E-state index in [0.717, 1.165) is 0 Å². The average Bonchev–Trinajstić information content (AvgIpc) is 2.54. The summed E-state index contributed by atoms with van der Waals surface area (Å²) in [7, 11) is 0.